The SMILES string of the molecule is COC(=O)OCOc1c2n(ccc1=O)N([C@@H]1c3cccc4c3-c3c(csc3-c3c1ccc(F)c3F)C(F)(F)C4)[C@@H]1COCCN1C2=O. The Morgan fingerprint density at radius 2 is 1.89 bits per heavy atom. The second-order valence-electron chi connectivity index (χ2n) is 11.3. The average molecular weight is 670 g/mol. The van der Waals surface area contributed by atoms with Gasteiger partial charge in [-0.1, -0.05) is 24.3 Å². The molecule has 2 aliphatic carbocycles. The van der Waals surface area contributed by atoms with Crippen LogP contribution >= 0.6 is 11.3 Å². The van der Waals surface area contributed by atoms with Crippen LogP contribution in [0.1, 0.15) is 38.8 Å². The number of pyridine rings is 1. The number of halogens is 4. The summed E-state index contributed by atoms with van der Waals surface area (Å²) in [6.07, 6.45) is -1.16. The molecular formula is C32H23F4N3O7S. The molecule has 15 heteroatoms. The van der Waals surface area contributed by atoms with Crippen LogP contribution in [-0.2, 0) is 26.6 Å². The lowest BCUT2D eigenvalue weighted by atomic mass is 9.81. The number of ether oxygens (including phenoxy) is 4. The molecule has 0 N–H and O–H groups in total. The number of alkyl halides is 2. The number of aromatic nitrogens is 1. The Balaban J connectivity index is 1.42. The molecule has 4 aliphatic rings. The molecule has 4 heterocycles. The highest BCUT2D eigenvalue weighted by molar-refractivity contribution is 7.14. The van der Waals surface area contributed by atoms with Crippen molar-refractivity contribution in [1.29, 1.82) is 0 Å². The van der Waals surface area contributed by atoms with E-state index in [9.17, 15) is 14.4 Å². The fourth-order valence-electron chi connectivity index (χ4n) is 7.03. The molecule has 47 heavy (non-hydrogen) atoms. The predicted molar refractivity (Wildman–Crippen MR) is 158 cm³/mol. The first-order valence-corrected chi connectivity index (χ1v) is 15.4. The Hall–Kier alpha value is -4.89. The molecule has 8 rings (SSSR count). The first kappa shape index (κ1) is 29.5. The highest BCUT2D eigenvalue weighted by atomic mass is 32.1. The molecule has 0 unspecified atom stereocenters. The molecule has 1 amide bonds. The summed E-state index contributed by atoms with van der Waals surface area (Å²) in [7, 11) is 1.09. The second kappa shape index (κ2) is 10.6. The van der Waals surface area contributed by atoms with E-state index in [0.717, 1.165) is 30.6 Å². The topological polar surface area (TPSA) is 99.5 Å². The summed E-state index contributed by atoms with van der Waals surface area (Å²) < 4.78 is 84.3. The van der Waals surface area contributed by atoms with E-state index >= 15 is 17.6 Å². The zero-order valence-corrected chi connectivity index (χ0v) is 25.2. The van der Waals surface area contributed by atoms with Gasteiger partial charge in [0.2, 0.25) is 18.0 Å². The minimum Gasteiger partial charge on any atom is -0.451 e. The first-order chi connectivity index (χ1) is 22.6. The summed E-state index contributed by atoms with van der Waals surface area (Å²) in [5, 5.41) is 2.99. The number of methoxy groups -OCH3 is 1. The van der Waals surface area contributed by atoms with Crippen molar-refractivity contribution in [3.63, 3.8) is 0 Å². The van der Waals surface area contributed by atoms with E-state index in [1.165, 1.54) is 27.2 Å². The lowest BCUT2D eigenvalue weighted by Crippen LogP contribution is -2.66. The summed E-state index contributed by atoms with van der Waals surface area (Å²) in [4.78, 5) is 40.4. The zero-order chi connectivity index (χ0) is 32.8. The second-order valence-corrected chi connectivity index (χ2v) is 12.2. The van der Waals surface area contributed by atoms with Crippen molar-refractivity contribution in [3.8, 4) is 27.3 Å². The van der Waals surface area contributed by atoms with Crippen molar-refractivity contribution in [2.75, 3.05) is 38.7 Å². The molecule has 1 saturated heterocycles. The monoisotopic (exact) mass is 669 g/mol. The van der Waals surface area contributed by atoms with Gasteiger partial charge in [0.1, 0.15) is 6.17 Å². The number of amides is 1. The van der Waals surface area contributed by atoms with Gasteiger partial charge in [0.15, 0.2) is 17.3 Å². The number of hydrogen-bond acceptors (Lipinski definition) is 9. The minimum absolute atomic E-state index is 0.00536. The van der Waals surface area contributed by atoms with E-state index in [-0.39, 0.29) is 52.6 Å². The third-order valence-electron chi connectivity index (χ3n) is 8.94. The number of rotatable bonds is 4. The Morgan fingerprint density at radius 3 is 2.70 bits per heavy atom. The van der Waals surface area contributed by atoms with Crippen LogP contribution in [0.2, 0.25) is 0 Å². The number of thiophene rings is 1. The normalized spacial score (nSPS) is 20.0. The van der Waals surface area contributed by atoms with Gasteiger partial charge in [-0.15, -0.1) is 11.3 Å². The molecule has 0 bridgehead atoms. The third kappa shape index (κ3) is 4.22. The van der Waals surface area contributed by atoms with Crippen LogP contribution in [-0.4, -0.2) is 61.5 Å². The Bertz CT molecular complexity index is 2060. The number of hydrogen-bond donors (Lipinski definition) is 0. The van der Waals surface area contributed by atoms with Gasteiger partial charge >= 0.3 is 6.16 Å². The number of nitrogens with zero attached hydrogens (tertiary/aromatic N) is 3. The van der Waals surface area contributed by atoms with Crippen molar-refractivity contribution >= 4 is 23.4 Å². The Labute approximate surface area is 267 Å². The summed E-state index contributed by atoms with van der Waals surface area (Å²) in [5.41, 5.74) is 0.337. The van der Waals surface area contributed by atoms with Gasteiger partial charge in [-0.2, -0.15) is 0 Å². The van der Waals surface area contributed by atoms with Crippen LogP contribution < -0.4 is 15.2 Å². The third-order valence-corrected chi connectivity index (χ3v) is 9.94. The molecule has 0 saturated carbocycles. The van der Waals surface area contributed by atoms with Gasteiger partial charge in [-0.25, -0.2) is 22.4 Å². The maximum atomic E-state index is 16.1. The summed E-state index contributed by atoms with van der Waals surface area (Å²) in [5.74, 6) is -6.62. The van der Waals surface area contributed by atoms with Crippen molar-refractivity contribution < 1.29 is 46.1 Å². The zero-order valence-electron chi connectivity index (χ0n) is 24.4. The fraction of sp³-hybridized carbons (Fsp3) is 0.281. The highest BCUT2D eigenvalue weighted by Crippen LogP contribution is 2.58. The van der Waals surface area contributed by atoms with Crippen LogP contribution in [0.25, 0.3) is 21.6 Å². The smallest absolute Gasteiger partial charge is 0.451 e. The first-order valence-electron chi connectivity index (χ1n) is 14.5. The van der Waals surface area contributed by atoms with Crippen LogP contribution in [0.3, 0.4) is 0 Å². The number of morpholine rings is 1. The standard InChI is InChI=1S/C32H23F4N3O7S/c1-43-31(42)46-14-45-28-20(40)7-8-38-27(28)30(41)37-9-10-44-12-21(37)39(38)26-16-4-2-3-15-11-32(35,36)18-13-47-29(24(18)22(15)16)23-17(26)5-6-19(33)25(23)34/h2-8,13,21,26H,9-12,14H2,1H3/t21-,26-/m1/s1. The fourth-order valence-corrected chi connectivity index (χ4v) is 8.21. The quantitative estimate of drug-likeness (QED) is 0.167. The average Bonchev–Trinajstić information content (AvgIpc) is 3.46. The van der Waals surface area contributed by atoms with E-state index in [0.29, 0.717) is 16.7 Å². The predicted octanol–water partition coefficient (Wildman–Crippen LogP) is 5.14. The number of carbonyl (C=O) groups is 2. The van der Waals surface area contributed by atoms with Crippen LogP contribution in [0.15, 0.2) is 52.8 Å². The molecule has 242 valence electrons. The number of carbonyl (C=O) groups excluding carboxylic acids is 2. The molecule has 0 spiro atoms. The molecule has 10 nitrogen and oxygen atoms in total. The summed E-state index contributed by atoms with van der Waals surface area (Å²) >= 11 is 0.916. The van der Waals surface area contributed by atoms with Gasteiger partial charge in [0.05, 0.1) is 26.4 Å². The Kier molecular flexibility index (Phi) is 6.63. The van der Waals surface area contributed by atoms with Gasteiger partial charge in [-0.3, -0.25) is 19.3 Å². The molecule has 2 aliphatic heterocycles. The van der Waals surface area contributed by atoms with E-state index in [4.69, 9.17) is 14.2 Å². The highest BCUT2D eigenvalue weighted by Gasteiger charge is 2.50. The van der Waals surface area contributed by atoms with Crippen molar-refractivity contribution in [3.05, 3.63) is 97.8 Å². The lowest BCUT2D eigenvalue weighted by Gasteiger charge is -2.51. The molecule has 2 aromatic carbocycles. The van der Waals surface area contributed by atoms with Crippen molar-refractivity contribution in [1.82, 2.24) is 9.58 Å². The maximum Gasteiger partial charge on any atom is 0.510 e. The van der Waals surface area contributed by atoms with Gasteiger partial charge < -0.3 is 23.8 Å². The molecule has 0 radical (unpaired) electrons. The summed E-state index contributed by atoms with van der Waals surface area (Å²) in [6, 6.07) is 7.49. The largest absolute Gasteiger partial charge is 0.510 e. The van der Waals surface area contributed by atoms with Gasteiger partial charge in [0, 0.05) is 52.2 Å². The van der Waals surface area contributed by atoms with E-state index in [1.807, 2.05) is 0 Å². The molecular weight excluding hydrogens is 646 g/mol. The minimum atomic E-state index is -3.25. The molecule has 1 fully saturated rings. The molecule has 2 atom stereocenters. The van der Waals surface area contributed by atoms with Crippen LogP contribution in [0.4, 0.5) is 22.4 Å². The van der Waals surface area contributed by atoms with E-state index in [1.54, 1.807) is 23.2 Å². The maximum absolute atomic E-state index is 16.1. The van der Waals surface area contributed by atoms with Crippen molar-refractivity contribution in [2.24, 2.45) is 0 Å². The van der Waals surface area contributed by atoms with Crippen molar-refractivity contribution in [2.45, 2.75) is 24.6 Å². The van der Waals surface area contributed by atoms with Gasteiger partial charge in [-0.05, 0) is 28.3 Å². The Morgan fingerprint density at radius 1 is 1.09 bits per heavy atom. The molecule has 4 aromatic rings. The number of fused-ring (bicyclic) bond motifs is 4. The van der Waals surface area contributed by atoms with Gasteiger partial charge in [0.25, 0.3) is 11.8 Å². The lowest BCUT2D eigenvalue weighted by molar-refractivity contribution is -0.0208. The van der Waals surface area contributed by atoms with Crippen LogP contribution in [0, 0.1) is 11.6 Å². The molecule has 2 aromatic heterocycles. The van der Waals surface area contributed by atoms with E-state index in [2.05, 4.69) is 4.74 Å². The number of benzene rings is 2. The van der Waals surface area contributed by atoms with E-state index < -0.39 is 66.2 Å². The summed E-state index contributed by atoms with van der Waals surface area (Å²) in [6.45, 7) is -0.477. The van der Waals surface area contributed by atoms with Crippen LogP contribution in [0.5, 0.6) is 5.75 Å².